The fourth-order valence-corrected chi connectivity index (χ4v) is 6.93. The van der Waals surface area contributed by atoms with E-state index in [4.69, 9.17) is 18.9 Å². The zero-order valence-corrected chi connectivity index (χ0v) is 35.0. The van der Waals surface area contributed by atoms with Crippen molar-refractivity contribution in [2.24, 2.45) is 0 Å². The summed E-state index contributed by atoms with van der Waals surface area (Å²) in [5, 5.41) is 86.3. The Bertz CT molecular complexity index is 1160. The van der Waals surface area contributed by atoms with Crippen molar-refractivity contribution in [1.82, 2.24) is 5.32 Å². The Morgan fingerprint density at radius 3 is 1.83 bits per heavy atom. The normalized spacial score (nSPS) is 29.3. The highest BCUT2D eigenvalue weighted by Gasteiger charge is 2.51. The highest BCUT2D eigenvalue weighted by atomic mass is 16.7. The first kappa shape index (κ1) is 52.1. The molecule has 2 rings (SSSR count). The first-order valence-corrected chi connectivity index (χ1v) is 21.9. The lowest BCUT2D eigenvalue weighted by Crippen LogP contribution is -2.65. The van der Waals surface area contributed by atoms with Crippen molar-refractivity contribution in [2.75, 3.05) is 19.8 Å². The Hall–Kier alpha value is -2.05. The third kappa shape index (κ3) is 20.0. The summed E-state index contributed by atoms with van der Waals surface area (Å²) in [6.07, 6.45) is 17.2. The summed E-state index contributed by atoms with van der Waals surface area (Å²) in [7, 11) is 0. The van der Waals surface area contributed by atoms with Gasteiger partial charge in [-0.1, -0.05) is 120 Å². The molecule has 0 aliphatic carbocycles. The molecule has 0 aromatic carbocycles. The fourth-order valence-electron chi connectivity index (χ4n) is 6.93. The van der Waals surface area contributed by atoms with E-state index in [1.807, 2.05) is 0 Å². The monoisotopic (exact) mass is 828 g/mol. The van der Waals surface area contributed by atoms with Gasteiger partial charge in [0.1, 0.15) is 48.8 Å². The van der Waals surface area contributed by atoms with Gasteiger partial charge in [0.15, 0.2) is 12.6 Å². The maximum Gasteiger partial charge on any atom is 0.220 e. The van der Waals surface area contributed by atoms with Crippen LogP contribution in [-0.2, 0) is 23.7 Å². The van der Waals surface area contributed by atoms with Gasteiger partial charge in [-0.3, -0.25) is 4.79 Å². The van der Waals surface area contributed by atoms with Gasteiger partial charge in [0.25, 0.3) is 0 Å². The topological polar surface area (TPSA) is 228 Å². The third-order valence-electron chi connectivity index (χ3n) is 10.6. The number of allylic oxidation sites excluding steroid dienone is 8. The number of carbonyl (C=O) groups is 1. The van der Waals surface area contributed by atoms with Gasteiger partial charge >= 0.3 is 0 Å². The standard InChI is InChI=1S/C44H77NO13/c1-3-5-7-9-11-12-13-14-15-16-17-18-19-20-22-24-26-28-36(49)45-32(33(48)27-25-23-21-10-8-6-4-2)31-55-43-41(54)39(52)42(35(30-47)57-43)58-44-40(53)38(51)37(50)34(29-46)56-44/h5,7,11-12,14-15,17-18,32-35,37-44,46-48,50-54H,3-4,6,8-10,13,16,19-31H2,1-2H3,(H,45,49)/b7-5-,12-11-,15-14-,18-17-. The van der Waals surface area contributed by atoms with Crippen LogP contribution in [0.3, 0.4) is 0 Å². The van der Waals surface area contributed by atoms with Gasteiger partial charge in [0, 0.05) is 6.42 Å². The van der Waals surface area contributed by atoms with E-state index in [0.717, 1.165) is 83.5 Å². The van der Waals surface area contributed by atoms with Gasteiger partial charge < -0.3 is 65.1 Å². The van der Waals surface area contributed by atoms with E-state index in [0.29, 0.717) is 12.8 Å². The molecular formula is C44H77NO13. The smallest absolute Gasteiger partial charge is 0.220 e. The lowest BCUT2D eigenvalue weighted by atomic mass is 9.97. The number of hydrogen-bond donors (Lipinski definition) is 9. The van der Waals surface area contributed by atoms with Crippen molar-refractivity contribution in [2.45, 2.75) is 203 Å². The predicted molar refractivity (Wildman–Crippen MR) is 221 cm³/mol. The molecule has 14 nitrogen and oxygen atoms in total. The van der Waals surface area contributed by atoms with Crippen LogP contribution in [0.4, 0.5) is 0 Å². The number of aliphatic hydroxyl groups excluding tert-OH is 8. The lowest BCUT2D eigenvalue weighted by molar-refractivity contribution is -0.359. The Balaban J connectivity index is 1.86. The van der Waals surface area contributed by atoms with Crippen molar-refractivity contribution < 1.29 is 64.6 Å². The number of rotatable bonds is 31. The first-order valence-electron chi connectivity index (χ1n) is 21.9. The number of nitrogens with one attached hydrogen (secondary N) is 1. The summed E-state index contributed by atoms with van der Waals surface area (Å²) in [6.45, 7) is 2.62. The fraction of sp³-hybridized carbons (Fsp3) is 0.795. The molecule has 2 heterocycles. The lowest BCUT2D eigenvalue weighted by Gasteiger charge is -2.46. The summed E-state index contributed by atoms with van der Waals surface area (Å²) < 4.78 is 22.6. The first-order chi connectivity index (χ1) is 28.1. The second-order valence-corrected chi connectivity index (χ2v) is 15.4. The van der Waals surface area contributed by atoms with Gasteiger partial charge in [-0.05, 0) is 51.4 Å². The van der Waals surface area contributed by atoms with Gasteiger partial charge in [-0.2, -0.15) is 0 Å². The van der Waals surface area contributed by atoms with Crippen LogP contribution >= 0.6 is 0 Å². The molecule has 1 amide bonds. The molecule has 2 saturated heterocycles. The molecule has 2 fully saturated rings. The molecule has 0 aromatic heterocycles. The van der Waals surface area contributed by atoms with Crippen LogP contribution in [-0.4, -0.2) is 140 Å². The molecule has 9 N–H and O–H groups in total. The van der Waals surface area contributed by atoms with Crippen LogP contribution in [0, 0.1) is 0 Å². The SMILES string of the molecule is CC/C=C\C/C=C\C/C=C\C/C=C\CCCCCCC(=O)NC(COC1OC(CO)C(OC2OC(CO)C(O)C(O)C2O)C(O)C1O)C(O)CCCCCCCCC. The molecule has 12 atom stereocenters. The van der Waals surface area contributed by atoms with Gasteiger partial charge in [0.2, 0.25) is 5.91 Å². The molecule has 14 heteroatoms. The van der Waals surface area contributed by atoms with Crippen molar-refractivity contribution in [1.29, 1.82) is 0 Å². The molecule has 0 spiro atoms. The number of aliphatic hydroxyl groups is 8. The second-order valence-electron chi connectivity index (χ2n) is 15.4. The van der Waals surface area contributed by atoms with Crippen molar-refractivity contribution in [3.8, 4) is 0 Å². The molecule has 2 aliphatic rings. The van der Waals surface area contributed by atoms with Crippen molar-refractivity contribution in [3.05, 3.63) is 48.6 Å². The summed E-state index contributed by atoms with van der Waals surface area (Å²) in [5.74, 6) is -0.238. The number of unbranched alkanes of at least 4 members (excludes halogenated alkanes) is 10. The quantitative estimate of drug-likeness (QED) is 0.0359. The third-order valence-corrected chi connectivity index (χ3v) is 10.6. The van der Waals surface area contributed by atoms with E-state index in [1.54, 1.807) is 0 Å². The zero-order chi connectivity index (χ0) is 42.5. The van der Waals surface area contributed by atoms with Crippen molar-refractivity contribution >= 4 is 5.91 Å². The van der Waals surface area contributed by atoms with Crippen LogP contribution in [0.25, 0.3) is 0 Å². The van der Waals surface area contributed by atoms with Gasteiger partial charge in [-0.15, -0.1) is 0 Å². The van der Waals surface area contributed by atoms with E-state index >= 15 is 0 Å². The van der Waals surface area contributed by atoms with E-state index in [9.17, 15) is 45.6 Å². The average Bonchev–Trinajstić information content (AvgIpc) is 3.22. The van der Waals surface area contributed by atoms with E-state index < -0.39 is 86.8 Å². The highest BCUT2D eigenvalue weighted by Crippen LogP contribution is 2.30. The van der Waals surface area contributed by atoms with Gasteiger partial charge in [-0.25, -0.2) is 0 Å². The summed E-state index contributed by atoms with van der Waals surface area (Å²) in [4.78, 5) is 13.1. The Morgan fingerprint density at radius 2 is 1.19 bits per heavy atom. The summed E-state index contributed by atoms with van der Waals surface area (Å²) in [6, 6.07) is -0.839. The molecule has 0 saturated carbocycles. The summed E-state index contributed by atoms with van der Waals surface area (Å²) in [5.41, 5.74) is 0. The number of carbonyl (C=O) groups excluding carboxylic acids is 1. The second kappa shape index (κ2) is 31.8. The highest BCUT2D eigenvalue weighted by molar-refractivity contribution is 5.76. The maximum absolute atomic E-state index is 13.1. The van der Waals surface area contributed by atoms with Crippen LogP contribution in [0.15, 0.2) is 48.6 Å². The largest absolute Gasteiger partial charge is 0.394 e. The van der Waals surface area contributed by atoms with Gasteiger partial charge in [0.05, 0.1) is 32.0 Å². The van der Waals surface area contributed by atoms with E-state index in [1.165, 1.54) is 12.8 Å². The Morgan fingerprint density at radius 1 is 0.638 bits per heavy atom. The minimum atomic E-state index is -1.78. The minimum absolute atomic E-state index is 0.238. The number of hydrogen-bond acceptors (Lipinski definition) is 13. The Kier molecular flexibility index (Phi) is 28.5. The van der Waals surface area contributed by atoms with Crippen LogP contribution in [0.5, 0.6) is 0 Å². The van der Waals surface area contributed by atoms with E-state index in [2.05, 4.69) is 67.8 Å². The van der Waals surface area contributed by atoms with E-state index in [-0.39, 0.29) is 18.9 Å². The zero-order valence-electron chi connectivity index (χ0n) is 35.0. The average molecular weight is 828 g/mol. The Labute approximate surface area is 346 Å². The maximum atomic E-state index is 13.1. The number of ether oxygens (including phenoxy) is 4. The van der Waals surface area contributed by atoms with Crippen molar-refractivity contribution in [3.63, 3.8) is 0 Å². The molecule has 58 heavy (non-hydrogen) atoms. The molecule has 0 bridgehead atoms. The molecular weight excluding hydrogens is 750 g/mol. The van der Waals surface area contributed by atoms with Crippen LogP contribution in [0.2, 0.25) is 0 Å². The van der Waals surface area contributed by atoms with Crippen LogP contribution < -0.4 is 5.32 Å². The molecule has 0 aromatic rings. The molecule has 12 unspecified atom stereocenters. The number of amides is 1. The molecule has 336 valence electrons. The predicted octanol–water partition coefficient (Wildman–Crippen LogP) is 3.76. The molecule has 0 radical (unpaired) electrons. The summed E-state index contributed by atoms with van der Waals surface area (Å²) >= 11 is 0. The van der Waals surface area contributed by atoms with Crippen LogP contribution in [0.1, 0.15) is 129 Å². The minimum Gasteiger partial charge on any atom is -0.394 e. The molecule has 2 aliphatic heterocycles.